The van der Waals surface area contributed by atoms with Crippen LogP contribution in [0.1, 0.15) is 64.7 Å². The molecule has 3 atom stereocenters. The maximum absolute atomic E-state index is 10.7. The van der Waals surface area contributed by atoms with Crippen molar-refractivity contribution < 1.29 is 10.2 Å². The standard InChI is InChI=1S/C26H28N4O2.C22H30N4S/c1-17(2)20-8-4-6-10-22(20)27-25-21-9-5-7-11-23(21)28-26(29-25)30(3)16-24(32)18-12-14-19(31)15-13-18;1-15(2)13-17-18(22(17,3)4)14-23-21-24-19-8-6-5-7-16(19)20(25-21)26-9-11-27-12-10-26/h4-15,17,24,31-32H,16H2,1-3H3,(H,27,28,29);5-8,13,17-18H,9-12,14H2,1-4H3,(H,23,24,25). The summed E-state index contributed by atoms with van der Waals surface area (Å²) in [6, 6.07) is 31.1. The summed E-state index contributed by atoms with van der Waals surface area (Å²) in [5.41, 5.74) is 6.57. The van der Waals surface area contributed by atoms with Gasteiger partial charge in [-0.3, -0.25) is 0 Å². The van der Waals surface area contributed by atoms with Gasteiger partial charge in [0.25, 0.3) is 0 Å². The van der Waals surface area contributed by atoms with E-state index in [9.17, 15) is 10.2 Å². The number of rotatable bonds is 12. The number of aliphatic hydroxyl groups is 1. The van der Waals surface area contributed by atoms with Crippen LogP contribution in [0.2, 0.25) is 0 Å². The minimum atomic E-state index is -0.742. The van der Waals surface area contributed by atoms with E-state index < -0.39 is 6.10 Å². The van der Waals surface area contributed by atoms with Crippen molar-refractivity contribution in [2.24, 2.45) is 17.3 Å². The van der Waals surface area contributed by atoms with Crippen LogP contribution in [0.15, 0.2) is 109 Å². The highest BCUT2D eigenvalue weighted by atomic mass is 32.2. The molecule has 2 aliphatic rings. The van der Waals surface area contributed by atoms with Crippen LogP contribution >= 0.6 is 11.8 Å². The van der Waals surface area contributed by atoms with Gasteiger partial charge in [0.05, 0.1) is 23.7 Å². The van der Waals surface area contributed by atoms with Gasteiger partial charge in [0, 0.05) is 54.6 Å². The van der Waals surface area contributed by atoms with Gasteiger partial charge in [-0.1, -0.05) is 93.9 Å². The van der Waals surface area contributed by atoms with Crippen LogP contribution in [0.4, 0.5) is 29.2 Å². The van der Waals surface area contributed by atoms with E-state index in [1.54, 1.807) is 24.3 Å². The van der Waals surface area contributed by atoms with Crippen LogP contribution in [0.3, 0.4) is 0 Å². The van der Waals surface area contributed by atoms with Crippen molar-refractivity contribution in [1.29, 1.82) is 0 Å². The van der Waals surface area contributed by atoms with Crippen LogP contribution in [0.5, 0.6) is 5.75 Å². The molecule has 2 aromatic heterocycles. The number of hydrogen-bond acceptors (Lipinski definition) is 11. The van der Waals surface area contributed by atoms with Gasteiger partial charge in [0.15, 0.2) is 0 Å². The molecule has 1 saturated heterocycles. The summed E-state index contributed by atoms with van der Waals surface area (Å²) < 4.78 is 0. The number of fused-ring (bicyclic) bond motifs is 2. The number of aromatic hydroxyl groups is 1. The summed E-state index contributed by atoms with van der Waals surface area (Å²) in [6.07, 6.45) is 1.68. The van der Waals surface area contributed by atoms with Crippen molar-refractivity contribution in [2.75, 3.05) is 65.2 Å². The predicted molar refractivity (Wildman–Crippen MR) is 247 cm³/mol. The Labute approximate surface area is 353 Å². The Morgan fingerprint density at radius 2 is 1.51 bits per heavy atom. The number of thioether (sulfide) groups is 1. The number of nitrogens with one attached hydrogen (secondary N) is 2. The maximum atomic E-state index is 10.7. The van der Waals surface area contributed by atoms with E-state index in [0.29, 0.717) is 35.7 Å². The molecular formula is C48H58N8O2S. The van der Waals surface area contributed by atoms with Gasteiger partial charge in [-0.15, -0.1) is 0 Å². The normalized spacial score (nSPS) is 17.5. The fourth-order valence-electron chi connectivity index (χ4n) is 7.94. The summed E-state index contributed by atoms with van der Waals surface area (Å²) in [5, 5.41) is 29.3. The number of anilines is 5. The summed E-state index contributed by atoms with van der Waals surface area (Å²) in [5.74, 6) is 7.25. The summed E-state index contributed by atoms with van der Waals surface area (Å²) in [4.78, 5) is 23.5. The number of likely N-dealkylation sites (N-methyl/N-ethyl adjacent to an activating group) is 1. The smallest absolute Gasteiger partial charge is 0.227 e. The van der Waals surface area contributed by atoms with Gasteiger partial charge in [-0.25, -0.2) is 9.97 Å². The number of allylic oxidation sites excluding steroid dienone is 2. The quantitative estimate of drug-likeness (QED) is 0.0884. The number of benzene rings is 4. The highest BCUT2D eigenvalue weighted by Gasteiger charge is 2.55. The lowest BCUT2D eigenvalue weighted by molar-refractivity contribution is 0.184. The Kier molecular flexibility index (Phi) is 12.9. The molecule has 1 aliphatic carbocycles. The zero-order chi connectivity index (χ0) is 41.7. The van der Waals surface area contributed by atoms with Crippen molar-refractivity contribution in [3.05, 3.63) is 120 Å². The molecule has 11 heteroatoms. The molecule has 6 aromatic rings. The first-order valence-corrected chi connectivity index (χ1v) is 21.8. The number of para-hydroxylation sites is 3. The Morgan fingerprint density at radius 1 is 0.864 bits per heavy atom. The minimum Gasteiger partial charge on any atom is -0.508 e. The Morgan fingerprint density at radius 3 is 2.20 bits per heavy atom. The second kappa shape index (κ2) is 18.3. The van der Waals surface area contributed by atoms with Crippen LogP contribution < -0.4 is 20.4 Å². The topological polar surface area (TPSA) is 123 Å². The highest BCUT2D eigenvalue weighted by Crippen LogP contribution is 2.59. The molecule has 59 heavy (non-hydrogen) atoms. The molecule has 0 spiro atoms. The second-order valence-corrected chi connectivity index (χ2v) is 18.0. The van der Waals surface area contributed by atoms with Gasteiger partial charge in [-0.05, 0) is 90.6 Å². The third-order valence-electron chi connectivity index (χ3n) is 11.5. The fourth-order valence-corrected chi connectivity index (χ4v) is 8.84. The molecule has 308 valence electrons. The van der Waals surface area contributed by atoms with Crippen molar-refractivity contribution in [2.45, 2.75) is 53.6 Å². The molecule has 0 bridgehead atoms. The molecule has 3 unspecified atom stereocenters. The van der Waals surface area contributed by atoms with E-state index in [4.69, 9.17) is 19.9 Å². The summed E-state index contributed by atoms with van der Waals surface area (Å²) >= 11 is 2.02. The molecule has 2 fully saturated rings. The number of aromatic nitrogens is 4. The Hall–Kier alpha value is -5.39. The SMILES string of the molecule is CC(C)=CC1C(CNc2nc(N3CCSCC3)c3ccccc3n2)C1(C)C.CC(C)c1ccccc1Nc1nc(N(C)CC(O)c2ccc(O)cc2)nc2ccccc12. The zero-order valence-electron chi connectivity index (χ0n) is 35.4. The average molecular weight is 811 g/mol. The minimum absolute atomic E-state index is 0.171. The first-order chi connectivity index (χ1) is 28.4. The van der Waals surface area contributed by atoms with Crippen molar-refractivity contribution >= 4 is 62.8 Å². The van der Waals surface area contributed by atoms with Gasteiger partial charge in [-0.2, -0.15) is 21.7 Å². The number of aliphatic hydroxyl groups excluding tert-OH is 1. The lowest BCUT2D eigenvalue weighted by atomic mass is 10.0. The largest absolute Gasteiger partial charge is 0.508 e. The average Bonchev–Trinajstić information content (AvgIpc) is 3.75. The Balaban J connectivity index is 0.000000181. The predicted octanol–water partition coefficient (Wildman–Crippen LogP) is 10.2. The number of hydrogen-bond donors (Lipinski definition) is 4. The van der Waals surface area contributed by atoms with Gasteiger partial charge >= 0.3 is 0 Å². The number of nitrogens with zero attached hydrogens (tertiary/aromatic N) is 6. The maximum Gasteiger partial charge on any atom is 0.227 e. The first kappa shape index (κ1) is 41.8. The molecular weight excluding hydrogens is 753 g/mol. The molecule has 4 N–H and O–H groups in total. The second-order valence-electron chi connectivity index (χ2n) is 16.8. The molecule has 1 aliphatic heterocycles. The lowest BCUT2D eigenvalue weighted by Gasteiger charge is -2.28. The van der Waals surface area contributed by atoms with Gasteiger partial charge in [0.1, 0.15) is 17.4 Å². The van der Waals surface area contributed by atoms with Crippen molar-refractivity contribution in [1.82, 2.24) is 19.9 Å². The summed E-state index contributed by atoms with van der Waals surface area (Å²) in [6.45, 7) is 16.8. The molecule has 4 aromatic carbocycles. The van der Waals surface area contributed by atoms with E-state index in [-0.39, 0.29) is 5.75 Å². The highest BCUT2D eigenvalue weighted by molar-refractivity contribution is 7.99. The molecule has 3 heterocycles. The lowest BCUT2D eigenvalue weighted by Crippen LogP contribution is -2.33. The monoisotopic (exact) mass is 810 g/mol. The van der Waals surface area contributed by atoms with E-state index in [0.717, 1.165) is 70.3 Å². The molecule has 1 saturated carbocycles. The molecule has 10 nitrogen and oxygen atoms in total. The van der Waals surface area contributed by atoms with Crippen LogP contribution in [0.25, 0.3) is 21.8 Å². The fraction of sp³-hybridized carbons (Fsp3) is 0.375. The van der Waals surface area contributed by atoms with Crippen molar-refractivity contribution in [3.8, 4) is 5.75 Å². The zero-order valence-corrected chi connectivity index (χ0v) is 36.2. The van der Waals surface area contributed by atoms with Gasteiger partial charge < -0.3 is 30.6 Å². The van der Waals surface area contributed by atoms with E-state index in [2.05, 4.69) is 99.6 Å². The van der Waals surface area contributed by atoms with Gasteiger partial charge in [0.2, 0.25) is 11.9 Å². The van der Waals surface area contributed by atoms with E-state index >= 15 is 0 Å². The Bertz CT molecular complexity index is 2390. The molecule has 0 amide bonds. The van der Waals surface area contributed by atoms with Crippen molar-refractivity contribution in [3.63, 3.8) is 0 Å². The number of phenolic OH excluding ortho intramolecular Hbond substituents is 1. The first-order valence-electron chi connectivity index (χ1n) is 20.7. The summed E-state index contributed by atoms with van der Waals surface area (Å²) in [7, 11) is 1.86. The van der Waals surface area contributed by atoms with Crippen LogP contribution in [0, 0.1) is 17.3 Å². The van der Waals surface area contributed by atoms with E-state index in [1.165, 1.54) is 22.6 Å². The number of phenols is 1. The third kappa shape index (κ3) is 9.91. The third-order valence-corrected chi connectivity index (χ3v) is 12.5. The molecule has 8 rings (SSSR count). The van der Waals surface area contributed by atoms with Crippen LogP contribution in [-0.2, 0) is 0 Å². The molecule has 0 radical (unpaired) electrons. The van der Waals surface area contributed by atoms with Crippen LogP contribution in [-0.4, -0.2) is 74.9 Å². The van der Waals surface area contributed by atoms with E-state index in [1.807, 2.05) is 60.1 Å².